The van der Waals surface area contributed by atoms with E-state index in [1.54, 1.807) is 30.1 Å². The number of nitrogens with one attached hydrogen (secondary N) is 2. The van der Waals surface area contributed by atoms with Crippen LogP contribution in [0.3, 0.4) is 0 Å². The number of likely N-dealkylation sites (tertiary alicyclic amines) is 1. The molecule has 2 rings (SSSR count). The van der Waals surface area contributed by atoms with E-state index in [0.717, 1.165) is 29.9 Å². The molecule has 0 spiro atoms. The van der Waals surface area contributed by atoms with E-state index in [0.29, 0.717) is 12.4 Å². The zero-order valence-corrected chi connectivity index (χ0v) is 15.6. The van der Waals surface area contributed by atoms with Crippen LogP contribution in [-0.4, -0.2) is 47.2 Å². The first kappa shape index (κ1) is 19.0. The summed E-state index contributed by atoms with van der Waals surface area (Å²) < 4.78 is 0. The Morgan fingerprint density at radius 3 is 3.00 bits per heavy atom. The van der Waals surface area contributed by atoms with Gasteiger partial charge in [0, 0.05) is 30.5 Å². The van der Waals surface area contributed by atoms with Crippen molar-refractivity contribution in [2.45, 2.75) is 31.6 Å². The highest BCUT2D eigenvalue weighted by Crippen LogP contribution is 2.19. The Morgan fingerprint density at radius 1 is 1.50 bits per heavy atom. The fourth-order valence-electron chi connectivity index (χ4n) is 2.54. The standard InChI is InChI=1S/C15H25N5O2S2/c1-16-14(9-20(21)22)17-5-8-23-11-13-12-24-15(18-13)10-19-6-3-2-4-7-19/h9,12,16-17H,2-8,10-11H2,1H3. The number of thiazole rings is 1. The van der Waals surface area contributed by atoms with Crippen molar-refractivity contribution in [2.24, 2.45) is 0 Å². The first-order chi connectivity index (χ1) is 11.7. The molecule has 7 nitrogen and oxygen atoms in total. The van der Waals surface area contributed by atoms with Gasteiger partial charge >= 0.3 is 0 Å². The van der Waals surface area contributed by atoms with Crippen molar-refractivity contribution in [3.05, 3.63) is 38.2 Å². The van der Waals surface area contributed by atoms with E-state index in [9.17, 15) is 10.1 Å². The van der Waals surface area contributed by atoms with Crippen LogP contribution in [0.4, 0.5) is 0 Å². The van der Waals surface area contributed by atoms with Crippen LogP contribution < -0.4 is 10.6 Å². The molecule has 24 heavy (non-hydrogen) atoms. The zero-order chi connectivity index (χ0) is 17.2. The topological polar surface area (TPSA) is 83.3 Å². The molecular formula is C15H25N5O2S2. The summed E-state index contributed by atoms with van der Waals surface area (Å²) in [6.45, 7) is 4.05. The molecule has 0 amide bonds. The Hall–Kier alpha value is -1.32. The fraction of sp³-hybridized carbons (Fsp3) is 0.667. The van der Waals surface area contributed by atoms with Gasteiger partial charge in [0.15, 0.2) is 5.82 Å². The van der Waals surface area contributed by atoms with Gasteiger partial charge < -0.3 is 10.6 Å². The second kappa shape index (κ2) is 10.5. The van der Waals surface area contributed by atoms with Crippen LogP contribution >= 0.6 is 23.1 Å². The van der Waals surface area contributed by atoms with Crippen LogP contribution in [0.2, 0.25) is 0 Å². The van der Waals surface area contributed by atoms with Crippen LogP contribution in [0, 0.1) is 10.1 Å². The maximum Gasteiger partial charge on any atom is 0.274 e. The molecule has 0 unspecified atom stereocenters. The minimum Gasteiger partial charge on any atom is -0.370 e. The smallest absolute Gasteiger partial charge is 0.274 e. The zero-order valence-electron chi connectivity index (χ0n) is 14.0. The Bertz CT molecular complexity index is 544. The third kappa shape index (κ3) is 7.06. The van der Waals surface area contributed by atoms with E-state index in [2.05, 4.69) is 20.9 Å². The van der Waals surface area contributed by atoms with Gasteiger partial charge in [0.05, 0.1) is 17.2 Å². The summed E-state index contributed by atoms with van der Waals surface area (Å²) in [7, 11) is 1.66. The molecule has 0 radical (unpaired) electrons. The van der Waals surface area contributed by atoms with Crippen LogP contribution in [0.25, 0.3) is 0 Å². The van der Waals surface area contributed by atoms with Gasteiger partial charge in [-0.25, -0.2) is 4.98 Å². The number of hydrogen-bond acceptors (Lipinski definition) is 8. The summed E-state index contributed by atoms with van der Waals surface area (Å²) in [4.78, 5) is 17.2. The van der Waals surface area contributed by atoms with Crippen molar-refractivity contribution >= 4 is 23.1 Å². The summed E-state index contributed by atoms with van der Waals surface area (Å²) in [5.74, 6) is 2.18. The first-order valence-electron chi connectivity index (χ1n) is 8.17. The second-order valence-corrected chi connectivity index (χ2v) is 7.67. The third-order valence-corrected chi connectivity index (χ3v) is 5.60. The Labute approximate surface area is 151 Å². The second-order valence-electron chi connectivity index (χ2n) is 5.63. The van der Waals surface area contributed by atoms with Crippen molar-refractivity contribution in [2.75, 3.05) is 32.4 Å². The van der Waals surface area contributed by atoms with Gasteiger partial charge in [-0.3, -0.25) is 15.0 Å². The van der Waals surface area contributed by atoms with Crippen molar-refractivity contribution in [3.8, 4) is 0 Å². The Balaban J connectivity index is 1.63. The van der Waals surface area contributed by atoms with Crippen molar-refractivity contribution in [1.82, 2.24) is 20.5 Å². The van der Waals surface area contributed by atoms with Gasteiger partial charge in [0.2, 0.25) is 0 Å². The molecule has 1 saturated heterocycles. The van der Waals surface area contributed by atoms with E-state index in [4.69, 9.17) is 4.98 Å². The monoisotopic (exact) mass is 371 g/mol. The maximum atomic E-state index is 10.4. The molecule has 0 saturated carbocycles. The van der Waals surface area contributed by atoms with Gasteiger partial charge in [-0.15, -0.1) is 11.3 Å². The SMILES string of the molecule is CNC(=C[N+](=O)[O-])NCCSCc1csc(CN2CCCCC2)n1. The lowest BCUT2D eigenvalue weighted by atomic mass is 10.1. The van der Waals surface area contributed by atoms with E-state index in [-0.39, 0.29) is 0 Å². The molecule has 0 aromatic carbocycles. The lowest BCUT2D eigenvalue weighted by molar-refractivity contribution is -0.404. The van der Waals surface area contributed by atoms with Gasteiger partial charge in [-0.05, 0) is 25.9 Å². The molecule has 1 aromatic rings. The molecule has 0 bridgehead atoms. The highest BCUT2D eigenvalue weighted by Gasteiger charge is 2.12. The molecule has 1 fully saturated rings. The minimum absolute atomic E-state index is 0.429. The molecule has 0 atom stereocenters. The largest absolute Gasteiger partial charge is 0.370 e. The number of hydrogen-bond donors (Lipinski definition) is 2. The van der Waals surface area contributed by atoms with E-state index in [1.165, 1.54) is 37.4 Å². The summed E-state index contributed by atoms with van der Waals surface area (Å²) >= 11 is 3.53. The van der Waals surface area contributed by atoms with Gasteiger partial charge in [0.1, 0.15) is 5.01 Å². The quantitative estimate of drug-likeness (QED) is 0.371. The molecule has 0 aliphatic carbocycles. The van der Waals surface area contributed by atoms with Crippen LogP contribution in [0.15, 0.2) is 17.4 Å². The molecule has 1 aliphatic heterocycles. The number of nitrogens with zero attached hydrogens (tertiary/aromatic N) is 3. The molecule has 134 valence electrons. The lowest BCUT2D eigenvalue weighted by Crippen LogP contribution is -2.29. The van der Waals surface area contributed by atoms with E-state index in [1.807, 2.05) is 0 Å². The Kier molecular flexibility index (Phi) is 8.34. The van der Waals surface area contributed by atoms with E-state index >= 15 is 0 Å². The summed E-state index contributed by atoms with van der Waals surface area (Å²) in [6, 6.07) is 0. The number of aromatic nitrogens is 1. The summed E-state index contributed by atoms with van der Waals surface area (Å²) in [5.41, 5.74) is 1.13. The third-order valence-electron chi connectivity index (χ3n) is 3.72. The fourth-order valence-corrected chi connectivity index (χ4v) is 4.22. The maximum absolute atomic E-state index is 10.4. The average Bonchev–Trinajstić information content (AvgIpc) is 3.01. The van der Waals surface area contributed by atoms with Crippen LogP contribution in [0.1, 0.15) is 30.0 Å². The highest BCUT2D eigenvalue weighted by molar-refractivity contribution is 7.98. The van der Waals surface area contributed by atoms with Crippen LogP contribution in [0.5, 0.6) is 0 Å². The molecule has 2 N–H and O–H groups in total. The number of thioether (sulfide) groups is 1. The van der Waals surface area contributed by atoms with Crippen molar-refractivity contribution < 1.29 is 4.92 Å². The van der Waals surface area contributed by atoms with Crippen molar-refractivity contribution in [1.29, 1.82) is 0 Å². The average molecular weight is 372 g/mol. The highest BCUT2D eigenvalue weighted by atomic mass is 32.2. The van der Waals surface area contributed by atoms with Gasteiger partial charge in [-0.1, -0.05) is 6.42 Å². The molecule has 2 heterocycles. The normalized spacial score (nSPS) is 16.1. The van der Waals surface area contributed by atoms with Crippen LogP contribution in [-0.2, 0) is 12.3 Å². The first-order valence-corrected chi connectivity index (χ1v) is 10.2. The predicted octanol–water partition coefficient (Wildman–Crippen LogP) is 2.25. The van der Waals surface area contributed by atoms with E-state index < -0.39 is 4.92 Å². The summed E-state index contributed by atoms with van der Waals surface area (Å²) in [5, 5.41) is 19.5. The number of piperidine rings is 1. The van der Waals surface area contributed by atoms with Gasteiger partial charge in [-0.2, -0.15) is 11.8 Å². The van der Waals surface area contributed by atoms with Crippen molar-refractivity contribution in [3.63, 3.8) is 0 Å². The number of rotatable bonds is 10. The lowest BCUT2D eigenvalue weighted by Gasteiger charge is -2.25. The predicted molar refractivity (Wildman–Crippen MR) is 99.5 cm³/mol. The van der Waals surface area contributed by atoms with Gasteiger partial charge in [0.25, 0.3) is 6.20 Å². The molecule has 1 aliphatic rings. The summed E-state index contributed by atoms with van der Waals surface area (Å²) in [6.07, 6.45) is 4.91. The molecule has 9 heteroatoms. The molecular weight excluding hydrogens is 346 g/mol. The number of nitro groups is 1. The minimum atomic E-state index is -0.467. The Morgan fingerprint density at radius 2 is 2.29 bits per heavy atom. The molecule has 1 aromatic heterocycles.